The molecule has 0 spiro atoms. The number of amides is 1. The van der Waals surface area contributed by atoms with Gasteiger partial charge in [0, 0.05) is 22.9 Å². The Kier molecular flexibility index (Phi) is 4.48. The second-order valence-electron chi connectivity index (χ2n) is 5.98. The number of rotatable bonds is 4. The molecule has 0 saturated carbocycles. The summed E-state index contributed by atoms with van der Waals surface area (Å²) in [7, 11) is 0. The number of thiazole rings is 1. The minimum Gasteiger partial charge on any atom is -0.493 e. The molecule has 25 heavy (non-hydrogen) atoms. The zero-order chi connectivity index (χ0) is 17.1. The Morgan fingerprint density at radius 3 is 2.84 bits per heavy atom. The lowest BCUT2D eigenvalue weighted by Crippen LogP contribution is -2.33. The maximum atomic E-state index is 12.4. The van der Waals surface area contributed by atoms with Crippen LogP contribution in [0.15, 0.2) is 60.0 Å². The van der Waals surface area contributed by atoms with Gasteiger partial charge in [0.05, 0.1) is 24.8 Å². The van der Waals surface area contributed by atoms with Crippen molar-refractivity contribution < 1.29 is 9.53 Å². The van der Waals surface area contributed by atoms with Crippen LogP contribution in [0.4, 0.5) is 0 Å². The molecule has 1 unspecified atom stereocenters. The number of benzene rings is 2. The Hall–Kier alpha value is -2.66. The van der Waals surface area contributed by atoms with E-state index in [1.54, 1.807) is 11.3 Å². The van der Waals surface area contributed by atoms with E-state index in [0.717, 1.165) is 34.0 Å². The Labute approximate surface area is 150 Å². The van der Waals surface area contributed by atoms with Crippen LogP contribution in [0.3, 0.4) is 0 Å². The van der Waals surface area contributed by atoms with Gasteiger partial charge in [-0.1, -0.05) is 48.5 Å². The maximum Gasteiger partial charge on any atom is 0.226 e. The molecule has 5 heteroatoms. The van der Waals surface area contributed by atoms with E-state index in [9.17, 15) is 4.79 Å². The summed E-state index contributed by atoms with van der Waals surface area (Å²) < 4.78 is 5.64. The van der Waals surface area contributed by atoms with E-state index in [-0.39, 0.29) is 11.9 Å². The first-order chi connectivity index (χ1) is 12.3. The Bertz CT molecular complexity index is 876. The highest BCUT2D eigenvalue weighted by Gasteiger charge is 2.22. The van der Waals surface area contributed by atoms with Crippen LogP contribution in [-0.2, 0) is 11.2 Å². The molecule has 4 rings (SSSR count). The number of aromatic nitrogens is 1. The molecule has 1 aliphatic rings. The van der Waals surface area contributed by atoms with Gasteiger partial charge in [-0.05, 0) is 6.07 Å². The van der Waals surface area contributed by atoms with Crippen molar-refractivity contribution >= 4 is 17.2 Å². The average molecular weight is 350 g/mol. The lowest BCUT2D eigenvalue weighted by Gasteiger charge is -2.26. The Morgan fingerprint density at radius 2 is 1.96 bits per heavy atom. The van der Waals surface area contributed by atoms with Crippen LogP contribution in [0.25, 0.3) is 10.6 Å². The minimum atomic E-state index is -0.00776. The fourth-order valence-corrected chi connectivity index (χ4v) is 3.83. The van der Waals surface area contributed by atoms with Crippen molar-refractivity contribution in [3.8, 4) is 16.3 Å². The summed E-state index contributed by atoms with van der Waals surface area (Å²) in [6.45, 7) is 0.622. The summed E-state index contributed by atoms with van der Waals surface area (Å²) in [4.78, 5) is 17.0. The molecule has 1 aliphatic heterocycles. The normalized spacial score (nSPS) is 15.9. The highest BCUT2D eigenvalue weighted by atomic mass is 32.1. The second-order valence-corrected chi connectivity index (χ2v) is 6.84. The summed E-state index contributed by atoms with van der Waals surface area (Å²) in [6, 6.07) is 17.9. The van der Waals surface area contributed by atoms with Crippen molar-refractivity contribution in [1.29, 1.82) is 0 Å². The van der Waals surface area contributed by atoms with Gasteiger partial charge in [-0.25, -0.2) is 4.98 Å². The summed E-state index contributed by atoms with van der Waals surface area (Å²) in [5.74, 6) is 0.852. The van der Waals surface area contributed by atoms with Gasteiger partial charge in [-0.3, -0.25) is 4.79 Å². The highest BCUT2D eigenvalue weighted by molar-refractivity contribution is 7.13. The van der Waals surface area contributed by atoms with Gasteiger partial charge in [0.2, 0.25) is 5.91 Å². The molecule has 3 aromatic rings. The standard InChI is InChI=1S/C20H18N2O2S/c23-19(22-17-10-11-24-18-9-5-4-8-16(17)18)12-15-13-25-20(21-15)14-6-2-1-3-7-14/h1-9,13,17H,10-12H2,(H,22,23). The molecule has 0 radical (unpaired) electrons. The molecule has 4 nitrogen and oxygen atoms in total. The van der Waals surface area contributed by atoms with Crippen LogP contribution in [-0.4, -0.2) is 17.5 Å². The second kappa shape index (κ2) is 7.07. The predicted octanol–water partition coefficient (Wildman–Crippen LogP) is 3.99. The first-order valence-electron chi connectivity index (χ1n) is 8.30. The molecule has 1 amide bonds. The van der Waals surface area contributed by atoms with Gasteiger partial charge in [-0.2, -0.15) is 0 Å². The number of hydrogen-bond acceptors (Lipinski definition) is 4. The van der Waals surface area contributed by atoms with E-state index in [1.807, 2.05) is 60.0 Å². The molecule has 1 aromatic heterocycles. The van der Waals surface area contributed by atoms with Gasteiger partial charge < -0.3 is 10.1 Å². The van der Waals surface area contributed by atoms with Gasteiger partial charge in [0.25, 0.3) is 0 Å². The number of carbonyl (C=O) groups is 1. The number of nitrogens with zero attached hydrogens (tertiary/aromatic N) is 1. The van der Waals surface area contributed by atoms with Crippen LogP contribution >= 0.6 is 11.3 Å². The number of fused-ring (bicyclic) bond motifs is 1. The van der Waals surface area contributed by atoms with Gasteiger partial charge in [0.1, 0.15) is 10.8 Å². The molecule has 0 bridgehead atoms. The van der Waals surface area contributed by atoms with Crippen molar-refractivity contribution in [1.82, 2.24) is 10.3 Å². The molecule has 1 atom stereocenters. The third-order valence-corrected chi connectivity index (χ3v) is 5.15. The monoisotopic (exact) mass is 350 g/mol. The van der Waals surface area contributed by atoms with Crippen molar-refractivity contribution in [2.24, 2.45) is 0 Å². The SMILES string of the molecule is O=C(Cc1csc(-c2ccccc2)n1)NC1CCOc2ccccc21. The van der Waals surface area contributed by atoms with Crippen molar-refractivity contribution in [2.75, 3.05) is 6.61 Å². The number of nitrogens with one attached hydrogen (secondary N) is 1. The van der Waals surface area contributed by atoms with Crippen molar-refractivity contribution in [2.45, 2.75) is 18.9 Å². The van der Waals surface area contributed by atoms with Crippen LogP contribution < -0.4 is 10.1 Å². The third kappa shape index (κ3) is 3.56. The van der Waals surface area contributed by atoms with Crippen molar-refractivity contribution in [3.63, 3.8) is 0 Å². The molecule has 1 N–H and O–H groups in total. The molecule has 0 fully saturated rings. The quantitative estimate of drug-likeness (QED) is 0.774. The molecule has 2 aromatic carbocycles. The molecule has 0 saturated heterocycles. The van der Waals surface area contributed by atoms with E-state index in [4.69, 9.17) is 4.74 Å². The van der Waals surface area contributed by atoms with E-state index in [0.29, 0.717) is 13.0 Å². The number of hydrogen-bond donors (Lipinski definition) is 1. The maximum absolute atomic E-state index is 12.4. The van der Waals surface area contributed by atoms with Gasteiger partial charge >= 0.3 is 0 Å². The van der Waals surface area contributed by atoms with Crippen LogP contribution in [0.5, 0.6) is 5.75 Å². The number of para-hydroxylation sites is 1. The highest BCUT2D eigenvalue weighted by Crippen LogP contribution is 2.31. The summed E-state index contributed by atoms with van der Waals surface area (Å²) >= 11 is 1.57. The lowest BCUT2D eigenvalue weighted by atomic mass is 10.0. The zero-order valence-electron chi connectivity index (χ0n) is 13.6. The minimum absolute atomic E-state index is 0.00433. The molecule has 0 aliphatic carbocycles. The zero-order valence-corrected chi connectivity index (χ0v) is 14.5. The lowest BCUT2D eigenvalue weighted by molar-refractivity contribution is -0.121. The summed E-state index contributed by atoms with van der Waals surface area (Å²) in [6.07, 6.45) is 1.08. The van der Waals surface area contributed by atoms with E-state index in [1.165, 1.54) is 0 Å². The Morgan fingerprint density at radius 1 is 1.16 bits per heavy atom. The number of carbonyl (C=O) groups excluding carboxylic acids is 1. The van der Waals surface area contributed by atoms with Crippen molar-refractivity contribution in [3.05, 3.63) is 71.2 Å². The smallest absolute Gasteiger partial charge is 0.226 e. The first-order valence-corrected chi connectivity index (χ1v) is 9.18. The fraction of sp³-hybridized carbons (Fsp3) is 0.200. The third-order valence-electron chi connectivity index (χ3n) is 4.21. The summed E-state index contributed by atoms with van der Waals surface area (Å²) in [5, 5.41) is 6.02. The average Bonchev–Trinajstić information content (AvgIpc) is 3.11. The van der Waals surface area contributed by atoms with Crippen LogP contribution in [0.1, 0.15) is 23.7 Å². The Balaban J connectivity index is 1.43. The largest absolute Gasteiger partial charge is 0.493 e. The topological polar surface area (TPSA) is 51.2 Å². The molecular weight excluding hydrogens is 332 g/mol. The predicted molar refractivity (Wildman–Crippen MR) is 98.7 cm³/mol. The number of ether oxygens (including phenoxy) is 1. The van der Waals surface area contributed by atoms with Gasteiger partial charge in [0.15, 0.2) is 0 Å². The van der Waals surface area contributed by atoms with Gasteiger partial charge in [-0.15, -0.1) is 11.3 Å². The van der Waals surface area contributed by atoms with E-state index >= 15 is 0 Å². The molecule has 126 valence electrons. The van der Waals surface area contributed by atoms with Crippen LogP contribution in [0, 0.1) is 0 Å². The molecule has 2 heterocycles. The van der Waals surface area contributed by atoms with E-state index < -0.39 is 0 Å². The summed E-state index contributed by atoms with van der Waals surface area (Å²) in [5.41, 5.74) is 2.93. The van der Waals surface area contributed by atoms with E-state index in [2.05, 4.69) is 10.3 Å². The van der Waals surface area contributed by atoms with Crippen LogP contribution in [0.2, 0.25) is 0 Å². The first kappa shape index (κ1) is 15.8. The molecular formula is C20H18N2O2S. The fourth-order valence-electron chi connectivity index (χ4n) is 3.00.